The minimum Gasteiger partial charge on any atom is -0.481 e. The van der Waals surface area contributed by atoms with Gasteiger partial charge in [0.1, 0.15) is 5.75 Å². The first-order valence-corrected chi connectivity index (χ1v) is 4.63. The summed E-state index contributed by atoms with van der Waals surface area (Å²) in [5, 5.41) is 9.01. The van der Waals surface area contributed by atoms with E-state index in [1.807, 2.05) is 0 Å². The molecule has 1 rings (SSSR count). The van der Waals surface area contributed by atoms with Gasteiger partial charge in [-0.25, -0.2) is 0 Å². The van der Waals surface area contributed by atoms with Crippen molar-refractivity contribution in [1.29, 1.82) is 0 Å². The van der Waals surface area contributed by atoms with Crippen LogP contribution in [0, 0.1) is 0 Å². The van der Waals surface area contributed by atoms with Gasteiger partial charge in [-0.2, -0.15) is 8.78 Å². The fraction of sp³-hybridized carbons (Fsp3) is 0.364. The molecule has 0 bridgehead atoms. The molecule has 1 aromatic rings. The van der Waals surface area contributed by atoms with Crippen LogP contribution in [0.25, 0.3) is 0 Å². The van der Waals surface area contributed by atoms with Crippen molar-refractivity contribution in [2.45, 2.75) is 25.9 Å². The number of hydrogen-bond acceptors (Lipinski definition) is 2. The van der Waals surface area contributed by atoms with Crippen molar-refractivity contribution < 1.29 is 23.4 Å². The van der Waals surface area contributed by atoms with E-state index in [-0.39, 0.29) is 11.3 Å². The van der Waals surface area contributed by atoms with Crippen molar-refractivity contribution >= 4 is 5.97 Å². The summed E-state index contributed by atoms with van der Waals surface area (Å²) < 4.78 is 28.5. The van der Waals surface area contributed by atoms with Crippen LogP contribution in [0.15, 0.2) is 24.3 Å². The van der Waals surface area contributed by atoms with Gasteiger partial charge in [-0.3, -0.25) is 4.79 Å². The molecule has 0 radical (unpaired) electrons. The highest BCUT2D eigenvalue weighted by molar-refractivity contribution is 5.81. The number of benzene rings is 1. The molecule has 0 aliphatic carbocycles. The van der Waals surface area contributed by atoms with E-state index in [4.69, 9.17) is 5.11 Å². The predicted octanol–water partition coefficient (Wildman–Crippen LogP) is 2.65. The largest absolute Gasteiger partial charge is 0.481 e. The van der Waals surface area contributed by atoms with Gasteiger partial charge in [0.15, 0.2) is 0 Å². The molecule has 88 valence electrons. The monoisotopic (exact) mass is 230 g/mol. The predicted molar refractivity (Wildman–Crippen MR) is 53.7 cm³/mol. The van der Waals surface area contributed by atoms with E-state index in [0.717, 1.165) is 0 Å². The molecule has 0 fully saturated rings. The first-order chi connectivity index (χ1) is 7.35. The lowest BCUT2D eigenvalue weighted by Gasteiger charge is -2.22. The van der Waals surface area contributed by atoms with Crippen LogP contribution in [0.1, 0.15) is 19.4 Å². The first kappa shape index (κ1) is 12.4. The number of carboxylic acid groups (broad SMARTS) is 1. The van der Waals surface area contributed by atoms with Crippen LogP contribution in [-0.2, 0) is 10.2 Å². The molecule has 0 aliphatic rings. The number of carbonyl (C=O) groups is 1. The third-order valence-corrected chi connectivity index (χ3v) is 2.31. The summed E-state index contributed by atoms with van der Waals surface area (Å²) in [7, 11) is 0. The number of para-hydroxylation sites is 1. The topological polar surface area (TPSA) is 46.5 Å². The average Bonchev–Trinajstić information content (AvgIpc) is 2.17. The highest BCUT2D eigenvalue weighted by atomic mass is 19.3. The number of alkyl halides is 2. The highest BCUT2D eigenvalue weighted by Crippen LogP contribution is 2.32. The maximum Gasteiger partial charge on any atom is 0.387 e. The summed E-state index contributed by atoms with van der Waals surface area (Å²) in [5.74, 6) is -1.21. The molecular weight excluding hydrogens is 218 g/mol. The quantitative estimate of drug-likeness (QED) is 0.864. The Morgan fingerprint density at radius 1 is 1.38 bits per heavy atom. The number of halogens is 2. The standard InChI is InChI=1S/C11H12F2O3/c1-11(2,9(14)15)7-5-3-4-6-8(7)16-10(12)13/h3-6,10H,1-2H3,(H,14,15). The SMILES string of the molecule is CC(C)(C(=O)O)c1ccccc1OC(F)F. The van der Waals surface area contributed by atoms with Gasteiger partial charge in [0.05, 0.1) is 5.41 Å². The Kier molecular flexibility index (Phi) is 3.47. The minimum atomic E-state index is -2.97. The molecule has 0 saturated carbocycles. The van der Waals surface area contributed by atoms with Crippen molar-refractivity contribution in [2.24, 2.45) is 0 Å². The number of ether oxygens (including phenoxy) is 1. The van der Waals surface area contributed by atoms with Crippen molar-refractivity contribution in [2.75, 3.05) is 0 Å². The van der Waals surface area contributed by atoms with Crippen molar-refractivity contribution in [1.82, 2.24) is 0 Å². The fourth-order valence-corrected chi connectivity index (χ4v) is 1.30. The second-order valence-corrected chi connectivity index (χ2v) is 3.80. The Bertz CT molecular complexity index is 389. The summed E-state index contributed by atoms with van der Waals surface area (Å²) >= 11 is 0. The van der Waals surface area contributed by atoms with Crippen molar-refractivity contribution in [3.05, 3.63) is 29.8 Å². The molecule has 0 unspecified atom stereocenters. The smallest absolute Gasteiger partial charge is 0.387 e. The highest BCUT2D eigenvalue weighted by Gasteiger charge is 2.32. The molecule has 5 heteroatoms. The van der Waals surface area contributed by atoms with E-state index in [1.54, 1.807) is 6.07 Å². The zero-order valence-corrected chi connectivity index (χ0v) is 8.91. The molecule has 0 atom stereocenters. The van der Waals surface area contributed by atoms with Gasteiger partial charge >= 0.3 is 12.6 Å². The molecule has 0 heterocycles. The van der Waals surface area contributed by atoms with Crippen LogP contribution in [0.4, 0.5) is 8.78 Å². The van der Waals surface area contributed by atoms with Crippen LogP contribution in [0.3, 0.4) is 0 Å². The van der Waals surface area contributed by atoms with Gasteiger partial charge in [-0.05, 0) is 19.9 Å². The van der Waals surface area contributed by atoms with E-state index in [0.29, 0.717) is 0 Å². The molecule has 0 aromatic heterocycles. The molecular formula is C11H12F2O3. The lowest BCUT2D eigenvalue weighted by Crippen LogP contribution is -2.29. The summed E-state index contributed by atoms with van der Waals surface area (Å²) in [6.07, 6.45) is 0. The van der Waals surface area contributed by atoms with Crippen LogP contribution in [-0.4, -0.2) is 17.7 Å². The maximum absolute atomic E-state index is 12.1. The van der Waals surface area contributed by atoms with Crippen LogP contribution in [0.2, 0.25) is 0 Å². The molecule has 1 N–H and O–H groups in total. The molecule has 0 aliphatic heterocycles. The summed E-state index contributed by atoms with van der Waals surface area (Å²) in [4.78, 5) is 11.0. The lowest BCUT2D eigenvalue weighted by atomic mass is 9.84. The van der Waals surface area contributed by atoms with E-state index in [1.165, 1.54) is 32.0 Å². The first-order valence-electron chi connectivity index (χ1n) is 4.63. The second-order valence-electron chi connectivity index (χ2n) is 3.80. The molecule has 0 amide bonds. The van der Waals surface area contributed by atoms with Gasteiger partial charge < -0.3 is 9.84 Å². The third-order valence-electron chi connectivity index (χ3n) is 2.31. The summed E-state index contributed by atoms with van der Waals surface area (Å²) in [6.45, 7) is -0.0998. The molecule has 0 spiro atoms. The molecule has 0 saturated heterocycles. The third kappa shape index (κ3) is 2.48. The van der Waals surface area contributed by atoms with E-state index >= 15 is 0 Å². The number of hydrogen-bond donors (Lipinski definition) is 1. The van der Waals surface area contributed by atoms with Gasteiger partial charge in [-0.1, -0.05) is 18.2 Å². The van der Waals surface area contributed by atoms with Gasteiger partial charge in [0.2, 0.25) is 0 Å². The lowest BCUT2D eigenvalue weighted by molar-refractivity contribution is -0.142. The Hall–Kier alpha value is -1.65. The molecule has 16 heavy (non-hydrogen) atoms. The van der Waals surface area contributed by atoms with Gasteiger partial charge in [-0.15, -0.1) is 0 Å². The number of rotatable bonds is 4. The van der Waals surface area contributed by atoms with E-state index in [9.17, 15) is 13.6 Å². The van der Waals surface area contributed by atoms with Crippen molar-refractivity contribution in [3.63, 3.8) is 0 Å². The van der Waals surface area contributed by atoms with E-state index < -0.39 is 18.0 Å². The Labute approximate surface area is 91.7 Å². The maximum atomic E-state index is 12.1. The van der Waals surface area contributed by atoms with Crippen molar-refractivity contribution in [3.8, 4) is 5.75 Å². The molecule has 1 aromatic carbocycles. The van der Waals surface area contributed by atoms with Gasteiger partial charge in [0.25, 0.3) is 0 Å². The Morgan fingerprint density at radius 2 is 1.94 bits per heavy atom. The zero-order chi connectivity index (χ0) is 12.3. The summed E-state index contributed by atoms with van der Waals surface area (Å²) in [5.41, 5.74) is -1.05. The Balaban J connectivity index is 3.17. The van der Waals surface area contributed by atoms with Crippen LogP contribution >= 0.6 is 0 Å². The zero-order valence-electron chi connectivity index (χ0n) is 8.91. The summed E-state index contributed by atoms with van der Waals surface area (Å²) in [6, 6.07) is 5.88. The van der Waals surface area contributed by atoms with Gasteiger partial charge in [0, 0.05) is 5.56 Å². The average molecular weight is 230 g/mol. The van der Waals surface area contributed by atoms with Crippen LogP contribution in [0.5, 0.6) is 5.75 Å². The fourth-order valence-electron chi connectivity index (χ4n) is 1.30. The number of aliphatic carboxylic acids is 1. The molecule has 3 nitrogen and oxygen atoms in total. The van der Waals surface area contributed by atoms with Crippen LogP contribution < -0.4 is 4.74 Å². The Morgan fingerprint density at radius 3 is 2.44 bits per heavy atom. The normalized spacial score (nSPS) is 11.6. The second kappa shape index (κ2) is 4.47. The van der Waals surface area contributed by atoms with E-state index in [2.05, 4.69) is 4.74 Å². The minimum absolute atomic E-state index is 0.107. The number of carboxylic acids is 1.